The van der Waals surface area contributed by atoms with Gasteiger partial charge in [0.05, 0.1) is 38.1 Å². The van der Waals surface area contributed by atoms with Crippen LogP contribution < -0.4 is 0 Å². The Morgan fingerprint density at radius 1 is 0.745 bits per heavy atom. The predicted molar refractivity (Wildman–Crippen MR) is 199 cm³/mol. The van der Waals surface area contributed by atoms with Crippen molar-refractivity contribution in [1.82, 2.24) is 0 Å². The first-order valence-corrected chi connectivity index (χ1v) is 20.6. The molecule has 0 unspecified atom stereocenters. The topological polar surface area (TPSA) is 219 Å². The van der Waals surface area contributed by atoms with Crippen molar-refractivity contribution in [3.05, 3.63) is 23.3 Å². The summed E-state index contributed by atoms with van der Waals surface area (Å²) in [5, 5.41) is 97.6. The Kier molecular flexibility index (Phi) is 11.0. The molecule has 0 aromatic carbocycles. The van der Waals surface area contributed by atoms with Crippen molar-refractivity contribution in [2.75, 3.05) is 19.8 Å². The van der Waals surface area contributed by atoms with Crippen LogP contribution in [0.4, 0.5) is 0 Å². The molecule has 13 nitrogen and oxygen atoms in total. The third-order valence-corrected chi connectivity index (χ3v) is 16.8. The molecule has 0 bridgehead atoms. The fourth-order valence-corrected chi connectivity index (χ4v) is 13.0. The van der Waals surface area contributed by atoms with Crippen molar-refractivity contribution in [3.63, 3.8) is 0 Å². The minimum Gasteiger partial charge on any atom is -0.396 e. The van der Waals surface area contributed by atoms with Crippen LogP contribution in [0.1, 0.15) is 99.8 Å². The van der Waals surface area contributed by atoms with Gasteiger partial charge >= 0.3 is 0 Å². The van der Waals surface area contributed by atoms with Gasteiger partial charge in [-0.25, -0.2) is 0 Å². The summed E-state index contributed by atoms with van der Waals surface area (Å²) in [5.41, 5.74) is 0.476. The van der Waals surface area contributed by atoms with Crippen molar-refractivity contribution in [3.8, 4) is 0 Å². The van der Waals surface area contributed by atoms with Gasteiger partial charge in [0.1, 0.15) is 42.7 Å². The minimum absolute atomic E-state index is 0.0212. The molecule has 2 saturated heterocycles. The van der Waals surface area contributed by atoms with Crippen LogP contribution in [0.15, 0.2) is 23.3 Å². The Labute approximate surface area is 325 Å². The second-order valence-corrected chi connectivity index (χ2v) is 20.3. The molecule has 0 amide bonds. The summed E-state index contributed by atoms with van der Waals surface area (Å²) >= 11 is 0. The van der Waals surface area contributed by atoms with Gasteiger partial charge in [0.2, 0.25) is 0 Å². The van der Waals surface area contributed by atoms with Crippen molar-refractivity contribution in [1.29, 1.82) is 0 Å². The number of aliphatic hydroxyl groups is 9. The van der Waals surface area contributed by atoms with Gasteiger partial charge in [0.15, 0.2) is 12.6 Å². The zero-order valence-corrected chi connectivity index (χ0v) is 33.7. The highest BCUT2D eigenvalue weighted by atomic mass is 16.7. The molecule has 2 aliphatic heterocycles. The zero-order valence-electron chi connectivity index (χ0n) is 33.7. The minimum atomic E-state index is -1.73. The summed E-state index contributed by atoms with van der Waals surface area (Å²) in [7, 11) is 0. The highest BCUT2D eigenvalue weighted by Gasteiger charge is 2.69. The number of aliphatic hydroxyl groups excluding tert-OH is 9. The summed E-state index contributed by atoms with van der Waals surface area (Å²) in [5.74, 6) is 0.154. The molecule has 55 heavy (non-hydrogen) atoms. The Balaban J connectivity index is 1.15. The van der Waals surface area contributed by atoms with Crippen molar-refractivity contribution in [2.45, 2.75) is 173 Å². The maximum absolute atomic E-state index is 12.0. The highest BCUT2D eigenvalue weighted by molar-refractivity contribution is 5.47. The molecular weight excluding hydrogens is 712 g/mol. The van der Waals surface area contributed by atoms with Gasteiger partial charge < -0.3 is 64.9 Å². The van der Waals surface area contributed by atoms with Gasteiger partial charge in [0, 0.05) is 16.2 Å². The number of hydrogen-bond acceptors (Lipinski definition) is 13. The molecule has 19 atom stereocenters. The smallest absolute Gasteiger partial charge is 0.187 e. The Bertz CT molecular complexity index is 1500. The van der Waals surface area contributed by atoms with E-state index in [1.54, 1.807) is 6.92 Å². The number of allylic oxidation sites excluding steroid dienone is 3. The Hall–Kier alpha value is -1.04. The van der Waals surface area contributed by atoms with E-state index in [4.69, 9.17) is 18.9 Å². The zero-order chi connectivity index (χ0) is 40.3. The molecule has 0 aromatic rings. The van der Waals surface area contributed by atoms with Crippen molar-refractivity contribution < 1.29 is 64.9 Å². The molecule has 7 rings (SSSR count). The average Bonchev–Trinajstić information content (AvgIpc) is 3.13. The quantitative estimate of drug-likeness (QED) is 0.168. The fraction of sp³-hybridized carbons (Fsp3) is 0.905. The first-order chi connectivity index (χ1) is 25.7. The molecule has 0 aromatic heterocycles. The molecular formula is C42H68O13. The van der Waals surface area contributed by atoms with Crippen LogP contribution in [0.5, 0.6) is 0 Å². The first-order valence-electron chi connectivity index (χ1n) is 20.6. The maximum atomic E-state index is 12.0. The van der Waals surface area contributed by atoms with Gasteiger partial charge in [0.25, 0.3) is 0 Å². The van der Waals surface area contributed by atoms with Gasteiger partial charge in [-0.2, -0.15) is 0 Å². The highest BCUT2D eigenvalue weighted by Crippen LogP contribution is 2.74. The Morgan fingerprint density at radius 2 is 1.44 bits per heavy atom. The van der Waals surface area contributed by atoms with Crippen LogP contribution in [-0.4, -0.2) is 139 Å². The molecule has 0 spiro atoms. The van der Waals surface area contributed by atoms with E-state index in [0.717, 1.165) is 38.5 Å². The molecule has 2 heterocycles. The Morgan fingerprint density at radius 3 is 2.09 bits per heavy atom. The molecule has 9 N–H and O–H groups in total. The lowest BCUT2D eigenvalue weighted by atomic mass is 9.35. The summed E-state index contributed by atoms with van der Waals surface area (Å²) < 4.78 is 24.0. The van der Waals surface area contributed by atoms with E-state index in [1.165, 1.54) is 11.1 Å². The SMILES string of the molecule is C[C@H]1O[C@H](O[C@@H]2CC[C@]3(C)[C@@H](CC[C@@]4(C)[C@@H]3C=CC3=C5CC(C)(C)CC[C@@]5(CO)[C@@H](O)C[C@@]34C)[C@]2(C)CO)[C@@H](O)[C@@H](O[C@H]2O[C@H](CO)[C@@H](O)[C@@H](O)[C@H]2O)[C@H]1O. The summed E-state index contributed by atoms with van der Waals surface area (Å²) in [6.07, 6.45) is -4.63. The second-order valence-electron chi connectivity index (χ2n) is 20.3. The molecule has 314 valence electrons. The number of fused-ring (bicyclic) bond motifs is 6. The van der Waals surface area contributed by atoms with Crippen molar-refractivity contribution in [2.24, 2.45) is 44.3 Å². The number of ether oxygens (including phenoxy) is 4. The molecule has 5 aliphatic carbocycles. The van der Waals surface area contributed by atoms with Crippen LogP contribution in [-0.2, 0) is 18.9 Å². The van der Waals surface area contributed by atoms with Crippen LogP contribution in [0, 0.1) is 44.3 Å². The van der Waals surface area contributed by atoms with E-state index in [2.05, 4.69) is 46.8 Å². The summed E-state index contributed by atoms with van der Waals surface area (Å²) in [6.45, 7) is 14.4. The molecule has 0 radical (unpaired) electrons. The van der Waals surface area contributed by atoms with Crippen LogP contribution in [0.3, 0.4) is 0 Å². The number of rotatable bonds is 7. The average molecular weight is 781 g/mol. The van der Waals surface area contributed by atoms with Gasteiger partial charge in [-0.1, -0.05) is 59.3 Å². The monoisotopic (exact) mass is 780 g/mol. The normalized spacial score (nSPS) is 54.9. The van der Waals surface area contributed by atoms with E-state index in [9.17, 15) is 46.0 Å². The molecule has 5 fully saturated rings. The van der Waals surface area contributed by atoms with Gasteiger partial charge in [-0.05, 0) is 91.9 Å². The predicted octanol–water partition coefficient (Wildman–Crippen LogP) is 1.68. The summed E-state index contributed by atoms with van der Waals surface area (Å²) in [4.78, 5) is 0. The van der Waals surface area contributed by atoms with Crippen LogP contribution >= 0.6 is 0 Å². The van der Waals surface area contributed by atoms with Crippen molar-refractivity contribution >= 4 is 0 Å². The van der Waals surface area contributed by atoms with E-state index < -0.39 is 91.1 Å². The summed E-state index contributed by atoms with van der Waals surface area (Å²) in [6, 6.07) is 0. The van der Waals surface area contributed by atoms with E-state index in [1.807, 2.05) is 6.92 Å². The van der Waals surface area contributed by atoms with E-state index >= 15 is 0 Å². The molecule has 7 aliphatic rings. The molecule has 13 heteroatoms. The van der Waals surface area contributed by atoms with Gasteiger partial charge in [-0.3, -0.25) is 0 Å². The number of hydrogen-bond donors (Lipinski definition) is 9. The fourth-order valence-electron chi connectivity index (χ4n) is 13.0. The molecule has 3 saturated carbocycles. The van der Waals surface area contributed by atoms with Gasteiger partial charge in [-0.15, -0.1) is 0 Å². The lowest BCUT2D eigenvalue weighted by Crippen LogP contribution is -2.67. The maximum Gasteiger partial charge on any atom is 0.187 e. The standard InChI is InChI=1S/C42H68O13/c1-21-29(47)34(55-35-32(50)31(49)30(48)24(18-43)53-35)33(51)36(52-21)54-28-11-12-38(4)25(39(28,5)19-44)10-13-40(6)26(38)9-8-22-23-16-37(2,3)14-15-42(23,20-45)27(46)17-41(22,40)7/h8-9,21,24-36,43-51H,10-20H2,1-7H3/t21-,24-,25-,26-,27+,28-,29+,30-,31-,32-,33+,34+,35-,36-,38-,39+,40+,41+,42+/m1/s1. The van der Waals surface area contributed by atoms with E-state index in [0.29, 0.717) is 12.8 Å². The lowest BCUT2D eigenvalue weighted by Gasteiger charge is -2.70. The largest absolute Gasteiger partial charge is 0.396 e. The van der Waals surface area contributed by atoms with Crippen LogP contribution in [0.2, 0.25) is 0 Å². The third kappa shape index (κ3) is 6.12. The first kappa shape index (κ1) is 42.1. The lowest BCUT2D eigenvalue weighted by molar-refractivity contribution is -0.367. The van der Waals surface area contributed by atoms with E-state index in [-0.39, 0.29) is 46.7 Å². The third-order valence-electron chi connectivity index (χ3n) is 16.8. The second kappa shape index (κ2) is 14.3. The van der Waals surface area contributed by atoms with Crippen LogP contribution in [0.25, 0.3) is 0 Å².